The van der Waals surface area contributed by atoms with Crippen LogP contribution in [0.3, 0.4) is 0 Å². The van der Waals surface area contributed by atoms with E-state index in [0.29, 0.717) is 19.8 Å². The van der Waals surface area contributed by atoms with Crippen molar-refractivity contribution in [2.45, 2.75) is 6.54 Å². The van der Waals surface area contributed by atoms with Crippen molar-refractivity contribution in [2.75, 3.05) is 20.3 Å². The monoisotopic (exact) mass is 215 g/mol. The minimum absolute atomic E-state index is 0.546. The molecule has 1 N–H and O–H groups in total. The molecule has 0 spiro atoms. The maximum Gasteiger partial charge on any atom is 0.0916 e. The number of benzene rings is 1. The van der Waals surface area contributed by atoms with Gasteiger partial charge in [-0.05, 0) is 17.7 Å². The molecule has 0 heterocycles. The van der Waals surface area contributed by atoms with E-state index in [2.05, 4.69) is 5.48 Å². The van der Waals surface area contributed by atoms with Crippen LogP contribution in [0.15, 0.2) is 24.3 Å². The Morgan fingerprint density at radius 2 is 1.93 bits per heavy atom. The summed E-state index contributed by atoms with van der Waals surface area (Å²) in [6.07, 6.45) is 0. The summed E-state index contributed by atoms with van der Waals surface area (Å²) in [5, 5.41) is 0.744. The lowest BCUT2D eigenvalue weighted by Gasteiger charge is -2.05. The van der Waals surface area contributed by atoms with Crippen molar-refractivity contribution in [2.24, 2.45) is 0 Å². The van der Waals surface area contributed by atoms with Gasteiger partial charge in [-0.15, -0.1) is 0 Å². The van der Waals surface area contributed by atoms with E-state index in [9.17, 15) is 0 Å². The van der Waals surface area contributed by atoms with Crippen LogP contribution in [0.2, 0.25) is 5.02 Å². The summed E-state index contributed by atoms with van der Waals surface area (Å²) in [5.41, 5.74) is 3.96. The van der Waals surface area contributed by atoms with Crippen LogP contribution in [0.25, 0.3) is 0 Å². The Morgan fingerprint density at radius 1 is 1.21 bits per heavy atom. The molecule has 78 valence electrons. The first-order chi connectivity index (χ1) is 6.83. The molecule has 0 saturated heterocycles. The lowest BCUT2D eigenvalue weighted by Crippen LogP contribution is -2.16. The molecule has 0 saturated carbocycles. The molecule has 0 amide bonds. The van der Waals surface area contributed by atoms with Gasteiger partial charge in [0.2, 0.25) is 0 Å². The Balaban J connectivity index is 2.15. The van der Waals surface area contributed by atoms with Gasteiger partial charge >= 0.3 is 0 Å². The van der Waals surface area contributed by atoms with Gasteiger partial charge in [0.25, 0.3) is 0 Å². The van der Waals surface area contributed by atoms with Gasteiger partial charge in [-0.3, -0.25) is 4.84 Å². The standard InChI is InChI=1S/C10H14ClNO2/c1-13-6-7-14-12-8-9-2-4-10(11)5-3-9/h2-5,12H,6-8H2,1H3. The van der Waals surface area contributed by atoms with Crippen molar-refractivity contribution in [1.82, 2.24) is 5.48 Å². The van der Waals surface area contributed by atoms with Gasteiger partial charge in [-0.2, -0.15) is 5.48 Å². The van der Waals surface area contributed by atoms with E-state index in [1.165, 1.54) is 0 Å². The summed E-state index contributed by atoms with van der Waals surface area (Å²) in [6.45, 7) is 1.80. The fraction of sp³-hybridized carbons (Fsp3) is 0.400. The molecule has 0 aliphatic heterocycles. The molecule has 1 aromatic carbocycles. The van der Waals surface area contributed by atoms with Gasteiger partial charge in [-0.1, -0.05) is 23.7 Å². The molecule has 3 nitrogen and oxygen atoms in total. The summed E-state index contributed by atoms with van der Waals surface area (Å²) in [4.78, 5) is 5.10. The van der Waals surface area contributed by atoms with E-state index in [-0.39, 0.29) is 0 Å². The van der Waals surface area contributed by atoms with Crippen LogP contribution in [0.4, 0.5) is 0 Å². The number of methoxy groups -OCH3 is 1. The second kappa shape index (κ2) is 6.79. The van der Waals surface area contributed by atoms with E-state index < -0.39 is 0 Å². The molecule has 14 heavy (non-hydrogen) atoms. The third kappa shape index (κ3) is 4.58. The van der Waals surface area contributed by atoms with Gasteiger partial charge in [0.15, 0.2) is 0 Å². The summed E-state index contributed by atoms with van der Waals surface area (Å²) < 4.78 is 4.83. The van der Waals surface area contributed by atoms with Crippen LogP contribution >= 0.6 is 11.6 Å². The van der Waals surface area contributed by atoms with Crippen LogP contribution in [0.5, 0.6) is 0 Å². The van der Waals surface area contributed by atoms with Gasteiger partial charge in [0.05, 0.1) is 13.2 Å². The Labute approximate surface area is 88.9 Å². The first kappa shape index (κ1) is 11.5. The molecule has 0 fully saturated rings. The zero-order valence-electron chi connectivity index (χ0n) is 8.13. The number of ether oxygens (including phenoxy) is 1. The Hall–Kier alpha value is -0.610. The van der Waals surface area contributed by atoms with E-state index >= 15 is 0 Å². The molecule has 1 rings (SSSR count). The summed E-state index contributed by atoms with van der Waals surface area (Å²) >= 11 is 5.75. The van der Waals surface area contributed by atoms with E-state index in [0.717, 1.165) is 10.6 Å². The van der Waals surface area contributed by atoms with Gasteiger partial charge < -0.3 is 4.74 Å². The average Bonchev–Trinajstić information content (AvgIpc) is 2.21. The molecule has 0 atom stereocenters. The van der Waals surface area contributed by atoms with Crippen molar-refractivity contribution < 1.29 is 9.57 Å². The highest BCUT2D eigenvalue weighted by molar-refractivity contribution is 6.30. The highest BCUT2D eigenvalue weighted by Gasteiger charge is 1.92. The fourth-order valence-corrected chi connectivity index (χ4v) is 1.06. The van der Waals surface area contributed by atoms with Crippen molar-refractivity contribution in [3.63, 3.8) is 0 Å². The predicted molar refractivity (Wildman–Crippen MR) is 56.1 cm³/mol. The topological polar surface area (TPSA) is 30.5 Å². The predicted octanol–water partition coefficient (Wildman–Crippen LogP) is 2.01. The maximum atomic E-state index is 5.75. The van der Waals surface area contributed by atoms with Crippen molar-refractivity contribution in [3.8, 4) is 0 Å². The maximum absolute atomic E-state index is 5.75. The third-order valence-electron chi connectivity index (χ3n) is 1.68. The van der Waals surface area contributed by atoms with Gasteiger partial charge in [0.1, 0.15) is 0 Å². The molecule has 0 bridgehead atoms. The second-order valence-electron chi connectivity index (χ2n) is 2.79. The van der Waals surface area contributed by atoms with Crippen LogP contribution in [-0.4, -0.2) is 20.3 Å². The molecule has 4 heteroatoms. The van der Waals surface area contributed by atoms with E-state index in [1.54, 1.807) is 7.11 Å². The van der Waals surface area contributed by atoms with Gasteiger partial charge in [-0.25, -0.2) is 0 Å². The summed E-state index contributed by atoms with van der Waals surface area (Å²) in [5.74, 6) is 0. The molecule has 0 aromatic heterocycles. The van der Waals surface area contributed by atoms with Crippen LogP contribution in [0, 0.1) is 0 Å². The van der Waals surface area contributed by atoms with Crippen molar-refractivity contribution in [1.29, 1.82) is 0 Å². The lowest BCUT2D eigenvalue weighted by molar-refractivity contribution is 0.00346. The smallest absolute Gasteiger partial charge is 0.0916 e. The van der Waals surface area contributed by atoms with Crippen LogP contribution in [0.1, 0.15) is 5.56 Å². The highest BCUT2D eigenvalue weighted by Crippen LogP contribution is 2.08. The first-order valence-electron chi connectivity index (χ1n) is 4.41. The third-order valence-corrected chi connectivity index (χ3v) is 1.93. The fourth-order valence-electron chi connectivity index (χ4n) is 0.934. The lowest BCUT2D eigenvalue weighted by atomic mass is 10.2. The zero-order chi connectivity index (χ0) is 10.2. The SMILES string of the molecule is COCCONCc1ccc(Cl)cc1. The number of halogens is 1. The van der Waals surface area contributed by atoms with Gasteiger partial charge in [0, 0.05) is 18.7 Å². The zero-order valence-corrected chi connectivity index (χ0v) is 8.88. The Kier molecular flexibility index (Phi) is 5.56. The van der Waals surface area contributed by atoms with Crippen LogP contribution < -0.4 is 5.48 Å². The Morgan fingerprint density at radius 3 is 2.57 bits per heavy atom. The van der Waals surface area contributed by atoms with Crippen molar-refractivity contribution in [3.05, 3.63) is 34.9 Å². The summed E-state index contributed by atoms with van der Waals surface area (Å²) in [6, 6.07) is 7.62. The number of hydrogen-bond acceptors (Lipinski definition) is 3. The summed E-state index contributed by atoms with van der Waals surface area (Å²) in [7, 11) is 1.64. The largest absolute Gasteiger partial charge is 0.382 e. The molecule has 1 aromatic rings. The Bertz CT molecular complexity index is 251. The van der Waals surface area contributed by atoms with E-state index in [4.69, 9.17) is 21.2 Å². The molecule has 0 aliphatic carbocycles. The molecule has 0 unspecified atom stereocenters. The van der Waals surface area contributed by atoms with Crippen molar-refractivity contribution >= 4 is 11.6 Å². The molecular weight excluding hydrogens is 202 g/mol. The highest BCUT2D eigenvalue weighted by atomic mass is 35.5. The first-order valence-corrected chi connectivity index (χ1v) is 4.79. The molecular formula is C10H14ClNO2. The van der Waals surface area contributed by atoms with Crippen LogP contribution in [-0.2, 0) is 16.1 Å². The quantitative estimate of drug-likeness (QED) is 0.582. The number of hydroxylamine groups is 1. The average molecular weight is 216 g/mol. The minimum Gasteiger partial charge on any atom is -0.382 e. The molecule has 0 radical (unpaired) electrons. The minimum atomic E-state index is 0.546. The second-order valence-corrected chi connectivity index (χ2v) is 3.23. The number of hydrogen-bond donors (Lipinski definition) is 1. The normalized spacial score (nSPS) is 10.4. The van der Waals surface area contributed by atoms with E-state index in [1.807, 2.05) is 24.3 Å². The number of rotatable bonds is 6. The molecule has 0 aliphatic rings. The number of nitrogens with one attached hydrogen (secondary N) is 1.